The van der Waals surface area contributed by atoms with E-state index >= 15 is 0 Å². The zero-order chi connectivity index (χ0) is 22.0. The molecule has 28 heavy (non-hydrogen) atoms. The number of esters is 2. The van der Waals surface area contributed by atoms with Crippen LogP contribution in [0.3, 0.4) is 0 Å². The van der Waals surface area contributed by atoms with Gasteiger partial charge in [-0.25, -0.2) is 0 Å². The molecule has 0 radical (unpaired) electrons. The van der Waals surface area contributed by atoms with Gasteiger partial charge in [-0.2, -0.15) is 0 Å². The first-order valence-electron chi connectivity index (χ1n) is 9.57. The van der Waals surface area contributed by atoms with Gasteiger partial charge in [0.05, 0.1) is 19.6 Å². The summed E-state index contributed by atoms with van der Waals surface area (Å²) in [6.07, 6.45) is 2.89. The number of carboxylic acid groups (broad SMARTS) is 2. The second kappa shape index (κ2) is 11.7. The quantitative estimate of drug-likeness (QED) is 0.257. The lowest BCUT2D eigenvalue weighted by Crippen LogP contribution is -2.41. The summed E-state index contributed by atoms with van der Waals surface area (Å²) in [5.74, 6) is -3.30. The first-order valence-corrected chi connectivity index (χ1v) is 9.57. The maximum absolute atomic E-state index is 12.5. The largest absolute Gasteiger partial charge is 0.481 e. The van der Waals surface area contributed by atoms with Crippen molar-refractivity contribution in [1.82, 2.24) is 0 Å². The molecule has 0 amide bonds. The molecule has 0 saturated heterocycles. The molecule has 0 fully saturated rings. The number of ether oxygens (including phenoxy) is 2. The van der Waals surface area contributed by atoms with E-state index in [1.807, 2.05) is 6.92 Å². The van der Waals surface area contributed by atoms with Crippen LogP contribution in [0.25, 0.3) is 0 Å². The topological polar surface area (TPSA) is 127 Å². The monoisotopic (exact) mass is 402 g/mol. The third kappa shape index (κ3) is 7.13. The van der Waals surface area contributed by atoms with Crippen LogP contribution in [-0.4, -0.2) is 48.3 Å². The predicted octanol–water partition coefficient (Wildman–Crippen LogP) is 3.27. The molecule has 8 nitrogen and oxygen atoms in total. The molecule has 0 aliphatic heterocycles. The van der Waals surface area contributed by atoms with E-state index in [0.29, 0.717) is 32.1 Å². The second-order valence-corrected chi connectivity index (χ2v) is 7.84. The van der Waals surface area contributed by atoms with Crippen LogP contribution in [0.5, 0.6) is 0 Å². The fraction of sp³-hybridized carbons (Fsp3) is 0.800. The first kappa shape index (κ1) is 25.9. The van der Waals surface area contributed by atoms with E-state index in [-0.39, 0.29) is 25.2 Å². The molecule has 0 saturated carbocycles. The summed E-state index contributed by atoms with van der Waals surface area (Å²) >= 11 is 0. The normalized spacial score (nSPS) is 12.9. The zero-order valence-corrected chi connectivity index (χ0v) is 17.6. The summed E-state index contributed by atoms with van der Waals surface area (Å²) < 4.78 is 9.74. The van der Waals surface area contributed by atoms with Crippen molar-refractivity contribution in [2.75, 3.05) is 14.2 Å². The molecule has 1 atom stereocenters. The molecule has 8 heteroatoms. The van der Waals surface area contributed by atoms with Crippen LogP contribution in [0.15, 0.2) is 0 Å². The molecule has 0 spiro atoms. The van der Waals surface area contributed by atoms with Gasteiger partial charge in [-0.3, -0.25) is 19.2 Å². The van der Waals surface area contributed by atoms with Crippen LogP contribution in [-0.2, 0) is 28.7 Å². The fourth-order valence-corrected chi connectivity index (χ4v) is 3.17. The highest BCUT2D eigenvalue weighted by atomic mass is 16.5. The van der Waals surface area contributed by atoms with Crippen molar-refractivity contribution >= 4 is 23.9 Å². The average molecular weight is 402 g/mol. The van der Waals surface area contributed by atoms with E-state index < -0.39 is 34.7 Å². The Hall–Kier alpha value is -2.12. The molecule has 2 N–H and O–H groups in total. The lowest BCUT2D eigenvalue weighted by molar-refractivity contribution is -0.171. The van der Waals surface area contributed by atoms with Crippen LogP contribution < -0.4 is 0 Å². The minimum atomic E-state index is -1.46. The fourth-order valence-electron chi connectivity index (χ4n) is 3.17. The maximum atomic E-state index is 12.5. The maximum Gasteiger partial charge on any atom is 0.323 e. The van der Waals surface area contributed by atoms with Crippen molar-refractivity contribution in [1.29, 1.82) is 0 Å². The Labute approximate surface area is 166 Å². The molecular weight excluding hydrogens is 368 g/mol. The molecule has 0 aliphatic rings. The van der Waals surface area contributed by atoms with Gasteiger partial charge in [0, 0.05) is 6.42 Å². The van der Waals surface area contributed by atoms with Gasteiger partial charge < -0.3 is 19.7 Å². The lowest BCUT2D eigenvalue weighted by atomic mass is 9.74. The Morgan fingerprint density at radius 1 is 0.857 bits per heavy atom. The standard InChI is InChI=1S/C20H34O8/c1-14(19(2,3)16(23)24)10-9-13-20(17(25)27-4,18(26)28-5)12-8-6-7-11-15(21)22/h14H,6-13H2,1-5H3,(H,21,22)(H,23,24). The number of unbranched alkanes of at least 4 members (excludes halogenated alkanes) is 2. The SMILES string of the molecule is COC(=O)C(CCCCCC(=O)O)(CCCC(C)C(C)(C)C(=O)O)C(=O)OC. The van der Waals surface area contributed by atoms with Crippen LogP contribution in [0, 0.1) is 16.7 Å². The number of hydrogen-bond acceptors (Lipinski definition) is 6. The van der Waals surface area contributed by atoms with E-state index in [0.717, 1.165) is 0 Å². The molecule has 0 aromatic carbocycles. The molecule has 162 valence electrons. The van der Waals surface area contributed by atoms with Gasteiger partial charge in [0.2, 0.25) is 0 Å². The summed E-state index contributed by atoms with van der Waals surface area (Å²) in [6.45, 7) is 5.13. The minimum absolute atomic E-state index is 0.0330. The predicted molar refractivity (Wildman–Crippen MR) is 102 cm³/mol. The highest BCUT2D eigenvalue weighted by Gasteiger charge is 2.47. The molecule has 0 rings (SSSR count). The summed E-state index contributed by atoms with van der Waals surface area (Å²) in [5, 5.41) is 18.0. The van der Waals surface area contributed by atoms with Gasteiger partial charge in [0.25, 0.3) is 0 Å². The Bertz CT molecular complexity index is 536. The summed E-state index contributed by atoms with van der Waals surface area (Å²) in [4.78, 5) is 47.0. The third-order valence-corrected chi connectivity index (χ3v) is 5.67. The smallest absolute Gasteiger partial charge is 0.323 e. The van der Waals surface area contributed by atoms with Gasteiger partial charge in [0.1, 0.15) is 0 Å². The molecule has 0 aliphatic carbocycles. The number of rotatable bonds is 14. The third-order valence-electron chi connectivity index (χ3n) is 5.67. The Morgan fingerprint density at radius 2 is 1.36 bits per heavy atom. The van der Waals surface area contributed by atoms with E-state index in [1.165, 1.54) is 14.2 Å². The van der Waals surface area contributed by atoms with Gasteiger partial charge in [-0.05, 0) is 45.4 Å². The van der Waals surface area contributed by atoms with Crippen molar-refractivity contribution in [3.63, 3.8) is 0 Å². The van der Waals surface area contributed by atoms with Gasteiger partial charge in [-0.1, -0.05) is 26.2 Å². The Kier molecular flexibility index (Phi) is 10.8. The molecule has 0 aromatic rings. The highest BCUT2D eigenvalue weighted by molar-refractivity contribution is 5.99. The van der Waals surface area contributed by atoms with Crippen LogP contribution in [0.2, 0.25) is 0 Å². The second-order valence-electron chi connectivity index (χ2n) is 7.84. The average Bonchev–Trinajstić information content (AvgIpc) is 2.64. The highest BCUT2D eigenvalue weighted by Crippen LogP contribution is 2.37. The number of carbonyl (C=O) groups excluding carboxylic acids is 2. The van der Waals surface area contributed by atoms with Crippen molar-refractivity contribution in [3.8, 4) is 0 Å². The van der Waals surface area contributed by atoms with Crippen LogP contribution in [0.4, 0.5) is 0 Å². The van der Waals surface area contributed by atoms with Gasteiger partial charge in [-0.15, -0.1) is 0 Å². The van der Waals surface area contributed by atoms with Crippen LogP contribution in [0.1, 0.15) is 72.1 Å². The van der Waals surface area contributed by atoms with Gasteiger partial charge in [0.15, 0.2) is 5.41 Å². The van der Waals surface area contributed by atoms with E-state index in [9.17, 15) is 24.3 Å². The van der Waals surface area contributed by atoms with Crippen molar-refractivity contribution in [2.24, 2.45) is 16.7 Å². The van der Waals surface area contributed by atoms with Crippen molar-refractivity contribution in [3.05, 3.63) is 0 Å². The summed E-state index contributed by atoms with van der Waals surface area (Å²) in [6, 6.07) is 0. The van der Waals surface area contributed by atoms with Crippen molar-refractivity contribution in [2.45, 2.75) is 72.1 Å². The Balaban J connectivity index is 5.16. The zero-order valence-electron chi connectivity index (χ0n) is 17.6. The Morgan fingerprint density at radius 3 is 1.79 bits per heavy atom. The number of carbonyl (C=O) groups is 4. The van der Waals surface area contributed by atoms with E-state index in [2.05, 4.69) is 0 Å². The molecule has 0 heterocycles. The van der Waals surface area contributed by atoms with E-state index in [4.69, 9.17) is 14.6 Å². The lowest BCUT2D eigenvalue weighted by Gasteiger charge is -2.31. The van der Waals surface area contributed by atoms with Gasteiger partial charge >= 0.3 is 23.9 Å². The first-order chi connectivity index (χ1) is 13.0. The summed E-state index contributed by atoms with van der Waals surface area (Å²) in [5.41, 5.74) is -2.38. The molecular formula is C20H34O8. The molecule has 0 aromatic heterocycles. The van der Waals surface area contributed by atoms with Crippen molar-refractivity contribution < 1.29 is 38.9 Å². The molecule has 1 unspecified atom stereocenters. The minimum Gasteiger partial charge on any atom is -0.481 e. The number of hydrogen-bond donors (Lipinski definition) is 2. The number of methoxy groups -OCH3 is 2. The van der Waals surface area contributed by atoms with E-state index in [1.54, 1.807) is 13.8 Å². The number of aliphatic carboxylic acids is 2. The number of carboxylic acids is 2. The van der Waals surface area contributed by atoms with Crippen LogP contribution >= 0.6 is 0 Å². The summed E-state index contributed by atoms with van der Waals surface area (Å²) in [7, 11) is 2.42. The molecule has 0 bridgehead atoms.